The summed E-state index contributed by atoms with van der Waals surface area (Å²) in [6.45, 7) is 3.62. The Morgan fingerprint density at radius 3 is 2.52 bits per heavy atom. The molecule has 3 aliphatic rings. The number of amidine groups is 1. The summed E-state index contributed by atoms with van der Waals surface area (Å²) in [4.78, 5) is 22.0. The fourth-order valence-corrected chi connectivity index (χ4v) is 4.04. The number of piperazine rings is 1. The van der Waals surface area contributed by atoms with Crippen LogP contribution in [-0.4, -0.2) is 49.8 Å². The largest absolute Gasteiger partial charge is 0.495 e. The Hall–Kier alpha value is -2.30. The molecule has 1 aromatic rings. The molecule has 0 N–H and O–H groups in total. The molecule has 0 saturated carbocycles. The topological polar surface area (TPSA) is 45.1 Å². The van der Waals surface area contributed by atoms with Gasteiger partial charge in [0.25, 0.3) is 0 Å². The van der Waals surface area contributed by atoms with Gasteiger partial charge >= 0.3 is 0 Å². The van der Waals surface area contributed by atoms with Crippen molar-refractivity contribution in [2.45, 2.75) is 32.1 Å². The van der Waals surface area contributed by atoms with Gasteiger partial charge in [0, 0.05) is 37.4 Å². The van der Waals surface area contributed by atoms with Crippen molar-refractivity contribution >= 4 is 17.3 Å². The Morgan fingerprint density at radius 2 is 1.72 bits per heavy atom. The second-order valence-corrected chi connectivity index (χ2v) is 6.91. The van der Waals surface area contributed by atoms with E-state index in [1.165, 1.54) is 0 Å². The fraction of sp³-hybridized carbons (Fsp3) is 0.500. The monoisotopic (exact) mass is 339 g/mol. The lowest BCUT2D eigenvalue weighted by Crippen LogP contribution is -2.49. The number of hydrogen-bond donors (Lipinski definition) is 0. The molecule has 5 heteroatoms. The van der Waals surface area contributed by atoms with Crippen molar-refractivity contribution in [3.63, 3.8) is 0 Å². The SMILES string of the molecule is COc1ccccc1N1CCN(C2=NC3=C(CCCC3)C(=O)C2)CC1. The number of nitrogens with zero attached hydrogens (tertiary/aromatic N) is 3. The van der Waals surface area contributed by atoms with Gasteiger partial charge in [-0.3, -0.25) is 4.79 Å². The summed E-state index contributed by atoms with van der Waals surface area (Å²) in [7, 11) is 1.72. The van der Waals surface area contributed by atoms with Gasteiger partial charge in [0.1, 0.15) is 11.6 Å². The molecule has 25 heavy (non-hydrogen) atoms. The summed E-state index contributed by atoms with van der Waals surface area (Å²) in [5, 5.41) is 0. The first-order chi connectivity index (χ1) is 12.3. The second kappa shape index (κ2) is 6.90. The van der Waals surface area contributed by atoms with Gasteiger partial charge in [0.15, 0.2) is 5.78 Å². The molecule has 0 aromatic heterocycles. The molecule has 2 heterocycles. The predicted octanol–water partition coefficient (Wildman–Crippen LogP) is 3.02. The first kappa shape index (κ1) is 16.2. The number of rotatable bonds is 2. The van der Waals surface area contributed by atoms with E-state index in [0.717, 1.165) is 80.4 Å². The standard InChI is InChI=1S/C20H25N3O2/c1-25-19-9-5-4-8-17(19)22-10-12-23(13-11-22)20-14-18(24)15-6-2-3-7-16(15)21-20/h4-5,8-9H,2-3,6-7,10-14H2,1H3. The maximum absolute atomic E-state index is 12.5. The summed E-state index contributed by atoms with van der Waals surface area (Å²) < 4.78 is 5.49. The first-order valence-electron chi connectivity index (χ1n) is 9.22. The molecule has 2 aliphatic heterocycles. The molecular formula is C20H25N3O2. The predicted molar refractivity (Wildman–Crippen MR) is 99.3 cm³/mol. The normalized spacial score (nSPS) is 21.2. The zero-order valence-electron chi connectivity index (χ0n) is 14.8. The van der Waals surface area contributed by atoms with Crippen molar-refractivity contribution < 1.29 is 9.53 Å². The minimum absolute atomic E-state index is 0.298. The van der Waals surface area contributed by atoms with Crippen molar-refractivity contribution in [3.8, 4) is 5.75 Å². The molecule has 4 rings (SSSR count). The lowest BCUT2D eigenvalue weighted by atomic mass is 9.90. The molecule has 1 saturated heterocycles. The van der Waals surface area contributed by atoms with Gasteiger partial charge in [-0.2, -0.15) is 0 Å². The van der Waals surface area contributed by atoms with Gasteiger partial charge in [0.05, 0.1) is 19.2 Å². The Balaban J connectivity index is 1.46. The molecule has 5 nitrogen and oxygen atoms in total. The average Bonchev–Trinajstić information content (AvgIpc) is 2.68. The van der Waals surface area contributed by atoms with Crippen LogP contribution in [0.4, 0.5) is 5.69 Å². The summed E-state index contributed by atoms with van der Waals surface area (Å²) in [6.07, 6.45) is 4.66. The Kier molecular flexibility index (Phi) is 4.47. The van der Waals surface area contributed by atoms with Crippen molar-refractivity contribution in [1.82, 2.24) is 4.90 Å². The van der Waals surface area contributed by atoms with Gasteiger partial charge in [-0.25, -0.2) is 4.99 Å². The molecule has 132 valence electrons. The number of methoxy groups -OCH3 is 1. The Bertz CT molecular complexity index is 730. The average molecular weight is 339 g/mol. The molecule has 0 unspecified atom stereocenters. The van der Waals surface area contributed by atoms with E-state index in [9.17, 15) is 4.79 Å². The van der Waals surface area contributed by atoms with Crippen LogP contribution in [0.5, 0.6) is 5.75 Å². The number of aliphatic imine (C=N–C) groups is 1. The van der Waals surface area contributed by atoms with E-state index in [1.807, 2.05) is 18.2 Å². The Morgan fingerprint density at radius 1 is 1.00 bits per heavy atom. The van der Waals surface area contributed by atoms with Crippen molar-refractivity contribution in [2.24, 2.45) is 4.99 Å². The molecular weight excluding hydrogens is 314 g/mol. The molecule has 1 aromatic carbocycles. The third-order valence-corrected chi connectivity index (χ3v) is 5.43. The Labute approximate surface area is 149 Å². The quantitative estimate of drug-likeness (QED) is 0.831. The molecule has 0 radical (unpaired) electrons. The first-order valence-corrected chi connectivity index (χ1v) is 9.22. The van der Waals surface area contributed by atoms with E-state index in [2.05, 4.69) is 15.9 Å². The highest BCUT2D eigenvalue weighted by Crippen LogP contribution is 2.32. The van der Waals surface area contributed by atoms with Gasteiger partial charge in [0.2, 0.25) is 0 Å². The fourth-order valence-electron chi connectivity index (χ4n) is 4.04. The van der Waals surface area contributed by atoms with Crippen LogP contribution in [0.1, 0.15) is 32.1 Å². The lowest BCUT2D eigenvalue weighted by Gasteiger charge is -2.39. The zero-order valence-corrected chi connectivity index (χ0v) is 14.8. The number of carbonyl (C=O) groups excluding carboxylic acids is 1. The van der Waals surface area contributed by atoms with Gasteiger partial charge in [-0.15, -0.1) is 0 Å². The summed E-state index contributed by atoms with van der Waals surface area (Å²) in [5.41, 5.74) is 3.20. The van der Waals surface area contributed by atoms with Crippen LogP contribution in [0.3, 0.4) is 0 Å². The molecule has 1 aliphatic carbocycles. The summed E-state index contributed by atoms with van der Waals surface area (Å²) >= 11 is 0. The minimum Gasteiger partial charge on any atom is -0.495 e. The van der Waals surface area contributed by atoms with Gasteiger partial charge in [-0.1, -0.05) is 12.1 Å². The van der Waals surface area contributed by atoms with Crippen LogP contribution in [0, 0.1) is 0 Å². The molecule has 0 atom stereocenters. The molecule has 0 spiro atoms. The van der Waals surface area contributed by atoms with Crippen LogP contribution in [0.15, 0.2) is 40.5 Å². The number of anilines is 1. The van der Waals surface area contributed by atoms with Gasteiger partial charge in [-0.05, 0) is 37.8 Å². The summed E-state index contributed by atoms with van der Waals surface area (Å²) in [6, 6.07) is 8.15. The van der Waals surface area contributed by atoms with E-state index in [4.69, 9.17) is 9.73 Å². The number of benzene rings is 1. The van der Waals surface area contributed by atoms with E-state index in [1.54, 1.807) is 7.11 Å². The van der Waals surface area contributed by atoms with Crippen LogP contribution in [-0.2, 0) is 4.79 Å². The number of allylic oxidation sites excluding steroid dienone is 2. The highest BCUT2D eigenvalue weighted by Gasteiger charge is 2.29. The van der Waals surface area contributed by atoms with Crippen LogP contribution in [0.25, 0.3) is 0 Å². The van der Waals surface area contributed by atoms with E-state index in [-0.39, 0.29) is 0 Å². The number of ketones is 1. The van der Waals surface area contributed by atoms with E-state index < -0.39 is 0 Å². The highest BCUT2D eigenvalue weighted by molar-refractivity contribution is 6.11. The van der Waals surface area contributed by atoms with Crippen molar-refractivity contribution in [1.29, 1.82) is 0 Å². The number of para-hydroxylation sites is 2. The van der Waals surface area contributed by atoms with E-state index in [0.29, 0.717) is 12.2 Å². The summed E-state index contributed by atoms with van der Waals surface area (Å²) in [5.74, 6) is 2.19. The third kappa shape index (κ3) is 3.15. The minimum atomic E-state index is 0.298. The van der Waals surface area contributed by atoms with Crippen LogP contribution < -0.4 is 9.64 Å². The number of ether oxygens (including phenoxy) is 1. The van der Waals surface area contributed by atoms with Crippen LogP contribution >= 0.6 is 0 Å². The zero-order chi connectivity index (χ0) is 17.2. The second-order valence-electron chi connectivity index (χ2n) is 6.91. The smallest absolute Gasteiger partial charge is 0.168 e. The van der Waals surface area contributed by atoms with Gasteiger partial charge < -0.3 is 14.5 Å². The molecule has 0 amide bonds. The molecule has 0 bridgehead atoms. The maximum atomic E-state index is 12.5. The maximum Gasteiger partial charge on any atom is 0.168 e. The number of Topliss-reactive ketones (excluding diaryl/α,β-unsaturated/α-hetero) is 1. The van der Waals surface area contributed by atoms with Crippen molar-refractivity contribution in [2.75, 3.05) is 38.2 Å². The van der Waals surface area contributed by atoms with E-state index >= 15 is 0 Å². The lowest BCUT2D eigenvalue weighted by molar-refractivity contribution is -0.115. The van der Waals surface area contributed by atoms with Crippen LogP contribution in [0.2, 0.25) is 0 Å². The third-order valence-electron chi connectivity index (χ3n) is 5.43. The van der Waals surface area contributed by atoms with Crippen molar-refractivity contribution in [3.05, 3.63) is 35.5 Å². The number of carbonyl (C=O) groups is 1. The number of hydrogen-bond acceptors (Lipinski definition) is 5. The highest BCUT2D eigenvalue weighted by atomic mass is 16.5. The molecule has 1 fully saturated rings.